The molecule has 0 atom stereocenters. The quantitative estimate of drug-likeness (QED) is 0.502. The van der Waals surface area contributed by atoms with Crippen LogP contribution in [0.25, 0.3) is 11.1 Å². The molecule has 0 fully saturated rings. The smallest absolute Gasteiger partial charge is 0.216 e. The minimum Gasteiger partial charge on any atom is -0.495 e. The standard InChI is InChI=1S/C23H23FNO3S/c1-4-5-6-17-7-12-22(21(15-17)28-3)29(26,27)19-10-8-18(9-11-19)20-13-14-25-23(24)16(20)2/h7-14H,4-6H2,1-3H3. The van der Waals surface area contributed by atoms with E-state index < -0.39 is 15.8 Å². The molecule has 4 nitrogen and oxygen atoms in total. The topological polar surface area (TPSA) is 56.3 Å². The van der Waals surface area contributed by atoms with Crippen molar-refractivity contribution in [2.75, 3.05) is 7.11 Å². The lowest BCUT2D eigenvalue weighted by atomic mass is 10.0. The van der Waals surface area contributed by atoms with Gasteiger partial charge in [0.2, 0.25) is 15.8 Å². The number of rotatable bonds is 7. The van der Waals surface area contributed by atoms with E-state index in [0.29, 0.717) is 11.1 Å². The molecule has 3 rings (SSSR count). The zero-order valence-electron chi connectivity index (χ0n) is 16.7. The van der Waals surface area contributed by atoms with Crippen LogP contribution in [0.3, 0.4) is 0 Å². The zero-order chi connectivity index (χ0) is 21.0. The zero-order valence-corrected chi connectivity index (χ0v) is 17.5. The molecule has 0 bridgehead atoms. The van der Waals surface area contributed by atoms with E-state index in [1.165, 1.54) is 25.4 Å². The summed E-state index contributed by atoms with van der Waals surface area (Å²) in [4.78, 5) is 3.85. The van der Waals surface area contributed by atoms with Gasteiger partial charge in [-0.25, -0.2) is 13.4 Å². The number of halogens is 1. The number of ether oxygens (including phenoxy) is 1. The predicted octanol–water partition coefficient (Wildman–Crippen LogP) is 5.18. The molecular weight excluding hydrogens is 389 g/mol. The Morgan fingerprint density at radius 2 is 1.83 bits per heavy atom. The fraction of sp³-hybridized carbons (Fsp3) is 0.261. The second kappa shape index (κ2) is 8.74. The Labute approximate surface area is 171 Å². The van der Waals surface area contributed by atoms with E-state index >= 15 is 0 Å². The highest BCUT2D eigenvalue weighted by Crippen LogP contribution is 2.32. The van der Waals surface area contributed by atoms with E-state index in [9.17, 15) is 12.8 Å². The van der Waals surface area contributed by atoms with Gasteiger partial charge in [-0.15, -0.1) is 0 Å². The third kappa shape index (κ3) is 4.32. The molecule has 0 saturated heterocycles. The highest BCUT2D eigenvalue weighted by Gasteiger charge is 2.23. The highest BCUT2D eigenvalue weighted by molar-refractivity contribution is 7.91. The molecule has 2 aromatic carbocycles. The summed E-state index contributed by atoms with van der Waals surface area (Å²) in [5.74, 6) is -0.322. The van der Waals surface area contributed by atoms with Crippen LogP contribution in [0.15, 0.2) is 58.5 Å². The van der Waals surface area contributed by atoms with E-state index in [1.807, 2.05) is 0 Å². The highest BCUT2D eigenvalue weighted by atomic mass is 32.2. The number of hydrogen-bond donors (Lipinski definition) is 0. The van der Waals surface area contributed by atoms with Crippen LogP contribution in [0, 0.1) is 18.9 Å². The summed E-state index contributed by atoms with van der Waals surface area (Å²) >= 11 is 0. The normalized spacial score (nSPS) is 11.4. The number of sulfone groups is 1. The number of pyridine rings is 1. The van der Waals surface area contributed by atoms with Gasteiger partial charge in [-0.2, -0.15) is 4.39 Å². The van der Waals surface area contributed by atoms with Gasteiger partial charge in [0.1, 0.15) is 10.6 Å². The lowest BCUT2D eigenvalue weighted by Gasteiger charge is -2.12. The van der Waals surface area contributed by atoms with Gasteiger partial charge in [0.25, 0.3) is 0 Å². The number of aryl methyl sites for hydroxylation is 1. The van der Waals surface area contributed by atoms with E-state index in [2.05, 4.69) is 18.0 Å². The molecule has 0 spiro atoms. The van der Waals surface area contributed by atoms with Crippen molar-refractivity contribution in [2.45, 2.75) is 42.9 Å². The summed E-state index contributed by atoms with van der Waals surface area (Å²) in [6.07, 6.45) is 4.26. The molecule has 151 valence electrons. The molecule has 1 radical (unpaired) electrons. The van der Waals surface area contributed by atoms with Gasteiger partial charge in [0, 0.05) is 17.8 Å². The molecule has 6 heteroatoms. The van der Waals surface area contributed by atoms with Crippen LogP contribution >= 0.6 is 0 Å². The first-order valence-corrected chi connectivity index (χ1v) is 10.9. The number of hydrogen-bond acceptors (Lipinski definition) is 4. The molecule has 0 aliphatic rings. The van der Waals surface area contributed by atoms with Gasteiger partial charge in [-0.1, -0.05) is 31.5 Å². The molecule has 0 aliphatic heterocycles. The number of unbranched alkanes of at least 4 members (excludes halogenated alkanes) is 1. The van der Waals surface area contributed by atoms with Crippen molar-refractivity contribution in [1.29, 1.82) is 0 Å². The molecular formula is C23H23FNO3S. The molecule has 3 aromatic rings. The molecule has 0 N–H and O–H groups in total. The number of methoxy groups -OCH3 is 1. The molecule has 29 heavy (non-hydrogen) atoms. The Balaban J connectivity index is 1.97. The molecule has 0 saturated carbocycles. The minimum absolute atomic E-state index is 0.0825. The maximum absolute atomic E-state index is 13.7. The van der Waals surface area contributed by atoms with Crippen molar-refractivity contribution in [3.63, 3.8) is 0 Å². The number of nitrogens with zero attached hydrogens (tertiary/aromatic N) is 1. The molecule has 0 unspecified atom stereocenters. The van der Waals surface area contributed by atoms with Crippen molar-refractivity contribution < 1.29 is 17.5 Å². The fourth-order valence-corrected chi connectivity index (χ4v) is 4.51. The SMILES string of the molecule is CCCCc1[c]c(OC)c(S(=O)(=O)c2ccc(-c3ccnc(F)c3C)cc2)cc1. The number of benzene rings is 2. The second-order valence-corrected chi connectivity index (χ2v) is 8.70. The summed E-state index contributed by atoms with van der Waals surface area (Å²) in [5, 5.41) is 0. The van der Waals surface area contributed by atoms with E-state index in [0.717, 1.165) is 30.4 Å². The average molecular weight is 413 g/mol. The van der Waals surface area contributed by atoms with E-state index in [4.69, 9.17) is 4.74 Å². The summed E-state index contributed by atoms with van der Waals surface area (Å²) in [6, 6.07) is 14.5. The van der Waals surface area contributed by atoms with Gasteiger partial charge >= 0.3 is 0 Å². The third-order valence-electron chi connectivity index (χ3n) is 4.85. The first-order chi connectivity index (χ1) is 13.9. The Morgan fingerprint density at radius 1 is 1.10 bits per heavy atom. The van der Waals surface area contributed by atoms with Crippen LogP contribution in [0.4, 0.5) is 4.39 Å². The van der Waals surface area contributed by atoms with Gasteiger partial charge in [-0.05, 0) is 60.7 Å². The van der Waals surface area contributed by atoms with Crippen LogP contribution in [0.5, 0.6) is 5.75 Å². The molecule has 1 heterocycles. The first kappa shape index (κ1) is 21.0. The first-order valence-electron chi connectivity index (χ1n) is 9.44. The van der Waals surface area contributed by atoms with Crippen LogP contribution in [-0.2, 0) is 16.3 Å². The molecule has 1 aromatic heterocycles. The van der Waals surface area contributed by atoms with Gasteiger partial charge in [0.05, 0.1) is 12.0 Å². The molecule has 0 aliphatic carbocycles. The third-order valence-corrected chi connectivity index (χ3v) is 6.64. The summed E-state index contributed by atoms with van der Waals surface area (Å²) < 4.78 is 45.3. The second-order valence-electron chi connectivity index (χ2n) is 6.79. The lowest BCUT2D eigenvalue weighted by molar-refractivity contribution is 0.401. The minimum atomic E-state index is -3.78. The maximum atomic E-state index is 13.7. The van der Waals surface area contributed by atoms with E-state index in [-0.39, 0.29) is 15.5 Å². The Kier molecular flexibility index (Phi) is 6.33. The Hall–Kier alpha value is -2.73. The fourth-order valence-electron chi connectivity index (χ4n) is 3.14. The Morgan fingerprint density at radius 3 is 2.48 bits per heavy atom. The lowest BCUT2D eigenvalue weighted by Crippen LogP contribution is -2.05. The summed E-state index contributed by atoms with van der Waals surface area (Å²) in [6.45, 7) is 3.74. The van der Waals surface area contributed by atoms with Gasteiger partial charge < -0.3 is 4.74 Å². The van der Waals surface area contributed by atoms with Crippen molar-refractivity contribution >= 4 is 9.84 Å². The predicted molar refractivity (Wildman–Crippen MR) is 110 cm³/mol. The number of aromatic nitrogens is 1. The average Bonchev–Trinajstić information content (AvgIpc) is 2.74. The largest absolute Gasteiger partial charge is 0.495 e. The van der Waals surface area contributed by atoms with Crippen LogP contribution < -0.4 is 4.74 Å². The molecule has 0 amide bonds. The van der Waals surface area contributed by atoms with Crippen LogP contribution in [0.2, 0.25) is 0 Å². The van der Waals surface area contributed by atoms with Crippen molar-refractivity contribution in [3.8, 4) is 16.9 Å². The van der Waals surface area contributed by atoms with Crippen LogP contribution in [-0.4, -0.2) is 20.5 Å². The van der Waals surface area contributed by atoms with Crippen molar-refractivity contribution in [1.82, 2.24) is 4.98 Å². The monoisotopic (exact) mass is 412 g/mol. The van der Waals surface area contributed by atoms with Crippen molar-refractivity contribution in [2.24, 2.45) is 0 Å². The van der Waals surface area contributed by atoms with Crippen molar-refractivity contribution in [3.05, 3.63) is 71.8 Å². The van der Waals surface area contributed by atoms with Gasteiger partial charge in [-0.3, -0.25) is 0 Å². The summed E-state index contributed by atoms with van der Waals surface area (Å²) in [5.41, 5.74) is 2.74. The Bertz CT molecular complexity index is 1110. The van der Waals surface area contributed by atoms with Crippen LogP contribution in [0.1, 0.15) is 30.9 Å². The van der Waals surface area contributed by atoms with Gasteiger partial charge in [0.15, 0.2) is 0 Å². The summed E-state index contributed by atoms with van der Waals surface area (Å²) in [7, 11) is -2.34. The van der Waals surface area contributed by atoms with E-state index in [1.54, 1.807) is 37.3 Å². The maximum Gasteiger partial charge on any atom is 0.216 e.